The van der Waals surface area contributed by atoms with Crippen LogP contribution in [0.1, 0.15) is 0 Å². The minimum atomic E-state index is 0.657. The molecule has 0 nitrogen and oxygen atoms in total. The molecule has 0 aromatic heterocycles. The number of rotatable bonds is 0. The Kier molecular flexibility index (Phi) is 2.15. The van der Waals surface area contributed by atoms with Gasteiger partial charge in [0.2, 0.25) is 0 Å². The quantitative estimate of drug-likeness (QED) is 0.497. The van der Waals surface area contributed by atoms with Gasteiger partial charge in [-0.15, -0.1) is 0 Å². The van der Waals surface area contributed by atoms with Crippen molar-refractivity contribution >= 4 is 26.3 Å². The molecule has 0 N–H and O–H groups in total. The van der Waals surface area contributed by atoms with E-state index in [2.05, 4.69) is 21.9 Å². The molecule has 0 fully saturated rings. The Bertz CT molecular complexity index is 74.9. The van der Waals surface area contributed by atoms with Crippen LogP contribution in [0.25, 0.3) is 0 Å². The van der Waals surface area contributed by atoms with Gasteiger partial charge in [-0.3, -0.25) is 0 Å². The Balaban J connectivity index is 2.77. The second kappa shape index (κ2) is 2.72. The van der Waals surface area contributed by atoms with Crippen LogP contribution in [0.4, 0.5) is 0 Å². The van der Waals surface area contributed by atoms with Crippen molar-refractivity contribution in [3.8, 4) is 0 Å². The van der Waals surface area contributed by atoms with Crippen molar-refractivity contribution in [1.82, 2.24) is 0 Å². The third kappa shape index (κ3) is 1.37. The zero-order valence-electron chi connectivity index (χ0n) is 3.20. The fraction of sp³-hybridized carbons (Fsp3) is 0. The molecule has 0 saturated carbocycles. The van der Waals surface area contributed by atoms with Gasteiger partial charge < -0.3 is 0 Å². The minimum absolute atomic E-state index is 0.657. The summed E-state index contributed by atoms with van der Waals surface area (Å²) in [4.78, 5) is 4.63. The van der Waals surface area contributed by atoms with E-state index in [0.717, 1.165) is 0 Å². The Morgan fingerprint density at radius 1 is 0.833 bits per heavy atom. The average Bonchev–Trinajstić information content (AvgIpc) is 1.72. The third-order valence-corrected chi connectivity index (χ3v) is 6.41. The van der Waals surface area contributed by atoms with Gasteiger partial charge in [0.25, 0.3) is 0 Å². The molecule has 1 rings (SSSR count). The summed E-state index contributed by atoms with van der Waals surface area (Å²) in [6.45, 7) is 0. The fourth-order valence-electron chi connectivity index (χ4n) is 0.253. The molecule has 0 aliphatic carbocycles. The molecule has 1 aliphatic heterocycles. The van der Waals surface area contributed by atoms with Gasteiger partial charge in [-0.1, -0.05) is 0 Å². The first kappa shape index (κ1) is 4.75. The summed E-state index contributed by atoms with van der Waals surface area (Å²) in [5, 5.41) is 0. The van der Waals surface area contributed by atoms with Crippen LogP contribution in [0, 0.1) is 0 Å². The van der Waals surface area contributed by atoms with Crippen LogP contribution in [-0.2, 0) is 0 Å². The Morgan fingerprint density at radius 2 is 1.33 bits per heavy atom. The van der Waals surface area contributed by atoms with Gasteiger partial charge in [0, 0.05) is 0 Å². The zero-order valence-corrected chi connectivity index (χ0v) is 6.96. The molecule has 0 unspecified atom stereocenters. The van der Waals surface area contributed by atoms with Crippen LogP contribution >= 0.6 is 0 Å². The molecule has 2 heteroatoms. The van der Waals surface area contributed by atoms with Gasteiger partial charge in [-0.05, 0) is 0 Å². The summed E-state index contributed by atoms with van der Waals surface area (Å²) in [6.07, 6.45) is 4.30. The number of hydrogen-bond acceptors (Lipinski definition) is 0. The second-order valence-electron chi connectivity index (χ2n) is 0.914. The van der Waals surface area contributed by atoms with Crippen molar-refractivity contribution in [2.45, 2.75) is 0 Å². The van der Waals surface area contributed by atoms with E-state index in [0.29, 0.717) is 26.3 Å². The third-order valence-electron chi connectivity index (χ3n) is 0.483. The molecule has 0 spiro atoms. The van der Waals surface area contributed by atoms with E-state index in [1.807, 2.05) is 0 Å². The van der Waals surface area contributed by atoms with Crippen molar-refractivity contribution in [2.75, 3.05) is 0 Å². The molecular weight excluding hydrogens is 198 g/mol. The van der Waals surface area contributed by atoms with Gasteiger partial charge in [0.1, 0.15) is 0 Å². The van der Waals surface area contributed by atoms with Crippen molar-refractivity contribution < 1.29 is 0 Å². The van der Waals surface area contributed by atoms with Crippen molar-refractivity contribution in [3.05, 3.63) is 21.9 Å². The summed E-state index contributed by atoms with van der Waals surface area (Å²) < 4.78 is 0. The summed E-state index contributed by atoms with van der Waals surface area (Å²) >= 11 is 1.31. The first-order chi connectivity index (χ1) is 3.00. The molecule has 0 aromatic rings. The van der Waals surface area contributed by atoms with Gasteiger partial charge in [0.05, 0.1) is 0 Å². The Morgan fingerprint density at radius 3 is 1.50 bits per heavy atom. The maximum absolute atomic E-state index is 2.32. The topological polar surface area (TPSA) is 0 Å². The Labute approximate surface area is 48.3 Å². The molecular formula is C4H4As2. The molecule has 30 valence electrons. The first-order valence-corrected chi connectivity index (χ1v) is 9.08. The van der Waals surface area contributed by atoms with Crippen LogP contribution < -0.4 is 0 Å². The van der Waals surface area contributed by atoms with E-state index in [1.165, 1.54) is 0 Å². The van der Waals surface area contributed by atoms with E-state index < -0.39 is 0 Å². The van der Waals surface area contributed by atoms with E-state index in [4.69, 9.17) is 0 Å². The predicted octanol–water partition coefficient (Wildman–Crippen LogP) is 0.351. The summed E-state index contributed by atoms with van der Waals surface area (Å²) in [5.41, 5.74) is 0. The van der Waals surface area contributed by atoms with Gasteiger partial charge in [-0.25, -0.2) is 0 Å². The monoisotopic (exact) mass is 202 g/mol. The van der Waals surface area contributed by atoms with Crippen LogP contribution in [0.3, 0.4) is 0 Å². The number of allylic oxidation sites excluding steroid dienone is 2. The van der Waals surface area contributed by atoms with Gasteiger partial charge >= 0.3 is 48.2 Å². The van der Waals surface area contributed by atoms with Crippen molar-refractivity contribution in [1.29, 1.82) is 0 Å². The van der Waals surface area contributed by atoms with Crippen LogP contribution in [0.2, 0.25) is 0 Å². The number of hydrogen-bond donors (Lipinski definition) is 0. The van der Waals surface area contributed by atoms with Crippen molar-refractivity contribution in [3.63, 3.8) is 0 Å². The Hall–Kier alpha value is 0.597. The molecule has 1 heterocycles. The SMILES string of the molecule is C1=C[As]=[As]C=C1. The van der Waals surface area contributed by atoms with Crippen molar-refractivity contribution in [2.24, 2.45) is 0 Å². The maximum atomic E-state index is 2.32. The predicted molar refractivity (Wildman–Crippen MR) is 29.8 cm³/mol. The van der Waals surface area contributed by atoms with E-state index >= 15 is 0 Å². The molecule has 0 atom stereocenters. The normalized spacial score (nSPS) is 21.3. The zero-order chi connectivity index (χ0) is 4.24. The van der Waals surface area contributed by atoms with Crippen LogP contribution in [0.5, 0.6) is 0 Å². The van der Waals surface area contributed by atoms with E-state index in [1.54, 1.807) is 0 Å². The summed E-state index contributed by atoms with van der Waals surface area (Å²) in [6, 6.07) is 0. The summed E-state index contributed by atoms with van der Waals surface area (Å²) in [7, 11) is 0. The van der Waals surface area contributed by atoms with Gasteiger partial charge in [-0.2, -0.15) is 0 Å². The van der Waals surface area contributed by atoms with E-state index in [9.17, 15) is 0 Å². The molecule has 0 aromatic carbocycles. The average molecular weight is 202 g/mol. The molecule has 0 radical (unpaired) electrons. The molecule has 1 aliphatic rings. The molecule has 0 saturated heterocycles. The van der Waals surface area contributed by atoms with E-state index in [-0.39, 0.29) is 0 Å². The van der Waals surface area contributed by atoms with Crippen LogP contribution in [0.15, 0.2) is 21.9 Å². The fourth-order valence-corrected chi connectivity index (χ4v) is 4.67. The molecule has 6 heavy (non-hydrogen) atoms. The molecule has 0 bridgehead atoms. The molecule has 0 amide bonds. The first-order valence-electron chi connectivity index (χ1n) is 1.72. The van der Waals surface area contributed by atoms with Crippen LogP contribution in [-0.4, -0.2) is 26.3 Å². The van der Waals surface area contributed by atoms with Gasteiger partial charge in [0.15, 0.2) is 0 Å². The standard InChI is InChI=1S/C4H4As2/c1-2-4-6-5-3-1/h1-4H. The second-order valence-corrected chi connectivity index (χ2v) is 8.17. The summed E-state index contributed by atoms with van der Waals surface area (Å²) in [5.74, 6) is 0.